The van der Waals surface area contributed by atoms with E-state index in [-0.39, 0.29) is 0 Å². The molecule has 0 radical (unpaired) electrons. The van der Waals surface area contributed by atoms with Crippen LogP contribution < -0.4 is 11.1 Å². The quantitative estimate of drug-likeness (QED) is 0.629. The van der Waals surface area contributed by atoms with Crippen molar-refractivity contribution in [3.05, 3.63) is 60.4 Å². The summed E-state index contributed by atoms with van der Waals surface area (Å²) in [5, 5.41) is 3.25. The minimum atomic E-state index is 0.514. The van der Waals surface area contributed by atoms with E-state index in [4.69, 9.17) is 5.73 Å². The molecule has 3 aromatic rings. The van der Waals surface area contributed by atoms with E-state index in [9.17, 15) is 0 Å². The average molecular weight is 389 g/mol. The number of anilines is 3. The second-order valence-corrected chi connectivity index (χ2v) is 7.53. The topological polar surface area (TPSA) is 80.0 Å². The smallest absolute Gasteiger partial charge is 0.229 e. The fourth-order valence-corrected chi connectivity index (χ4v) is 3.77. The molecule has 0 bridgehead atoms. The van der Waals surface area contributed by atoms with Crippen molar-refractivity contribution < 1.29 is 0 Å². The highest BCUT2D eigenvalue weighted by Gasteiger charge is 2.11. The first-order valence-electron chi connectivity index (χ1n) is 10.4. The molecule has 6 heteroatoms. The minimum Gasteiger partial charge on any atom is -0.383 e. The van der Waals surface area contributed by atoms with Gasteiger partial charge < -0.3 is 16.0 Å². The molecule has 3 N–H and O–H groups in total. The molecule has 3 heterocycles. The molecule has 1 fully saturated rings. The van der Waals surface area contributed by atoms with Gasteiger partial charge in [-0.2, -0.15) is 4.98 Å². The van der Waals surface area contributed by atoms with Gasteiger partial charge in [0, 0.05) is 29.2 Å². The van der Waals surface area contributed by atoms with E-state index in [1.165, 1.54) is 32.4 Å². The van der Waals surface area contributed by atoms with Crippen LogP contribution in [0.15, 0.2) is 54.9 Å². The van der Waals surface area contributed by atoms with Crippen molar-refractivity contribution in [2.75, 3.05) is 30.7 Å². The van der Waals surface area contributed by atoms with Gasteiger partial charge in [0.25, 0.3) is 0 Å². The van der Waals surface area contributed by atoms with Crippen LogP contribution in [0.4, 0.5) is 17.5 Å². The van der Waals surface area contributed by atoms with E-state index in [0.717, 1.165) is 41.9 Å². The summed E-state index contributed by atoms with van der Waals surface area (Å²) >= 11 is 0. The molecule has 150 valence electrons. The first-order valence-corrected chi connectivity index (χ1v) is 10.4. The zero-order valence-corrected chi connectivity index (χ0v) is 16.7. The van der Waals surface area contributed by atoms with Crippen molar-refractivity contribution in [1.82, 2.24) is 19.9 Å². The molecule has 1 aliphatic heterocycles. The Morgan fingerprint density at radius 2 is 1.90 bits per heavy atom. The number of nitrogen functional groups attached to an aromatic ring is 1. The zero-order chi connectivity index (χ0) is 19.9. The van der Waals surface area contributed by atoms with Crippen molar-refractivity contribution in [3.63, 3.8) is 0 Å². The molecule has 0 amide bonds. The number of aromatic nitrogens is 3. The SMILES string of the molecule is Nc1nc(Nc2cccc(-c3ccccn3)c2)ncc1CCCN1CCCCC1. The lowest BCUT2D eigenvalue weighted by molar-refractivity contribution is 0.226. The molecule has 1 saturated heterocycles. The highest BCUT2D eigenvalue weighted by atomic mass is 15.1. The molecular weight excluding hydrogens is 360 g/mol. The Kier molecular flexibility index (Phi) is 6.32. The molecule has 4 rings (SSSR count). The maximum atomic E-state index is 6.20. The summed E-state index contributed by atoms with van der Waals surface area (Å²) in [4.78, 5) is 15.9. The number of nitrogens with one attached hydrogen (secondary N) is 1. The lowest BCUT2D eigenvalue weighted by Gasteiger charge is -2.26. The zero-order valence-electron chi connectivity index (χ0n) is 16.7. The van der Waals surface area contributed by atoms with Crippen LogP contribution in [0.3, 0.4) is 0 Å². The summed E-state index contributed by atoms with van der Waals surface area (Å²) < 4.78 is 0. The molecule has 2 aromatic heterocycles. The van der Waals surface area contributed by atoms with Crippen molar-refractivity contribution in [1.29, 1.82) is 0 Å². The highest BCUT2D eigenvalue weighted by molar-refractivity contribution is 5.67. The van der Waals surface area contributed by atoms with Gasteiger partial charge in [0.1, 0.15) is 5.82 Å². The van der Waals surface area contributed by atoms with Crippen LogP contribution >= 0.6 is 0 Å². The molecule has 6 nitrogen and oxygen atoms in total. The lowest BCUT2D eigenvalue weighted by Crippen LogP contribution is -2.30. The van der Waals surface area contributed by atoms with Gasteiger partial charge in [-0.3, -0.25) is 4.98 Å². The standard InChI is InChI=1S/C23H28N6/c24-22-19(9-7-15-29-13-4-1-5-14-29)17-26-23(28-22)27-20-10-6-8-18(16-20)21-11-2-3-12-25-21/h2-3,6,8,10-12,16-17H,1,4-5,7,9,13-15H2,(H3,24,26,27,28). The Labute approximate surface area is 172 Å². The van der Waals surface area contributed by atoms with Crippen LogP contribution in [0.5, 0.6) is 0 Å². The summed E-state index contributed by atoms with van der Waals surface area (Å²) in [7, 11) is 0. The largest absolute Gasteiger partial charge is 0.383 e. The Hall–Kier alpha value is -2.99. The van der Waals surface area contributed by atoms with Gasteiger partial charge in [0.05, 0.1) is 5.69 Å². The first kappa shape index (κ1) is 19.3. The molecule has 29 heavy (non-hydrogen) atoms. The highest BCUT2D eigenvalue weighted by Crippen LogP contribution is 2.23. The number of nitrogens with zero attached hydrogens (tertiary/aromatic N) is 4. The van der Waals surface area contributed by atoms with E-state index >= 15 is 0 Å². The molecule has 0 aliphatic carbocycles. The third-order valence-electron chi connectivity index (χ3n) is 5.35. The normalized spacial score (nSPS) is 14.6. The Bertz CT molecular complexity index is 922. The average Bonchev–Trinajstić information content (AvgIpc) is 2.77. The maximum Gasteiger partial charge on any atom is 0.229 e. The molecule has 0 atom stereocenters. The predicted molar refractivity (Wildman–Crippen MR) is 118 cm³/mol. The fourth-order valence-electron chi connectivity index (χ4n) is 3.77. The number of rotatable bonds is 7. The maximum absolute atomic E-state index is 6.20. The van der Waals surface area contributed by atoms with E-state index in [1.54, 1.807) is 6.20 Å². The molecule has 1 aliphatic rings. The summed E-state index contributed by atoms with van der Waals surface area (Å²) in [5.41, 5.74) is 10.1. The monoisotopic (exact) mass is 388 g/mol. The van der Waals surface area contributed by atoms with Crippen LogP contribution in [0.25, 0.3) is 11.3 Å². The number of aryl methyl sites for hydroxylation is 1. The third-order valence-corrected chi connectivity index (χ3v) is 5.35. The Morgan fingerprint density at radius 3 is 2.69 bits per heavy atom. The van der Waals surface area contributed by atoms with Gasteiger partial charge in [-0.1, -0.05) is 24.6 Å². The van der Waals surface area contributed by atoms with Crippen LogP contribution in [0.1, 0.15) is 31.2 Å². The van der Waals surface area contributed by atoms with Crippen LogP contribution in [-0.2, 0) is 6.42 Å². The van der Waals surface area contributed by atoms with Crippen molar-refractivity contribution in [2.45, 2.75) is 32.1 Å². The second-order valence-electron chi connectivity index (χ2n) is 7.53. The molecule has 0 saturated carbocycles. The van der Waals surface area contributed by atoms with Crippen molar-refractivity contribution in [2.24, 2.45) is 0 Å². The first-order chi connectivity index (χ1) is 14.3. The van der Waals surface area contributed by atoms with Gasteiger partial charge in [-0.15, -0.1) is 0 Å². The number of hydrogen-bond acceptors (Lipinski definition) is 6. The van der Waals surface area contributed by atoms with E-state index in [0.29, 0.717) is 11.8 Å². The predicted octanol–water partition coefficient (Wildman–Crippen LogP) is 4.28. The molecular formula is C23H28N6. The second kappa shape index (κ2) is 9.47. The number of likely N-dealkylation sites (tertiary alicyclic amines) is 1. The Morgan fingerprint density at radius 1 is 1.00 bits per heavy atom. The minimum absolute atomic E-state index is 0.514. The molecule has 1 aromatic carbocycles. The summed E-state index contributed by atoms with van der Waals surface area (Å²) in [6, 6.07) is 13.9. The third kappa shape index (κ3) is 5.29. The van der Waals surface area contributed by atoms with Crippen molar-refractivity contribution in [3.8, 4) is 11.3 Å². The summed E-state index contributed by atoms with van der Waals surface area (Å²) in [6.07, 6.45) is 9.67. The fraction of sp³-hybridized carbons (Fsp3) is 0.348. The van der Waals surface area contributed by atoms with E-state index in [1.807, 2.05) is 48.7 Å². The molecule has 0 spiro atoms. The number of benzene rings is 1. The summed E-state index contributed by atoms with van der Waals surface area (Å²) in [5.74, 6) is 1.07. The lowest BCUT2D eigenvalue weighted by atomic mass is 10.1. The van der Waals surface area contributed by atoms with Gasteiger partial charge >= 0.3 is 0 Å². The van der Waals surface area contributed by atoms with Crippen LogP contribution in [-0.4, -0.2) is 39.5 Å². The van der Waals surface area contributed by atoms with Gasteiger partial charge in [0.15, 0.2) is 0 Å². The number of pyridine rings is 1. The molecule has 0 unspecified atom stereocenters. The number of piperidine rings is 1. The van der Waals surface area contributed by atoms with Crippen molar-refractivity contribution >= 4 is 17.5 Å². The summed E-state index contributed by atoms with van der Waals surface area (Å²) in [6.45, 7) is 3.58. The van der Waals surface area contributed by atoms with Gasteiger partial charge in [0.2, 0.25) is 5.95 Å². The number of nitrogens with two attached hydrogens (primary N) is 1. The number of hydrogen-bond donors (Lipinski definition) is 2. The Balaban J connectivity index is 1.37. The van der Waals surface area contributed by atoms with E-state index < -0.39 is 0 Å². The van der Waals surface area contributed by atoms with Crippen LogP contribution in [0.2, 0.25) is 0 Å². The van der Waals surface area contributed by atoms with E-state index in [2.05, 4.69) is 25.2 Å². The van der Waals surface area contributed by atoms with Crippen LogP contribution in [0, 0.1) is 0 Å². The van der Waals surface area contributed by atoms with Gasteiger partial charge in [-0.05, 0) is 69.6 Å². The van der Waals surface area contributed by atoms with Gasteiger partial charge in [-0.25, -0.2) is 4.98 Å².